The highest BCUT2D eigenvalue weighted by molar-refractivity contribution is 7.98. The fraction of sp³-hybridized carbons (Fsp3) is 0.404. The van der Waals surface area contributed by atoms with Gasteiger partial charge in [-0.05, 0) is 281 Å². The van der Waals surface area contributed by atoms with Crippen LogP contribution in [0.25, 0.3) is 50.2 Å². The predicted molar refractivity (Wildman–Crippen MR) is 464 cm³/mol. The molecule has 6 aromatic carbocycles. The molecule has 640 valence electrons. The van der Waals surface area contributed by atoms with Crippen LogP contribution in [0, 0.1) is 17.5 Å². The van der Waals surface area contributed by atoms with Crippen molar-refractivity contribution >= 4 is 86.0 Å². The van der Waals surface area contributed by atoms with Gasteiger partial charge in [0.2, 0.25) is 11.9 Å². The van der Waals surface area contributed by atoms with Crippen LogP contribution in [-0.4, -0.2) is 132 Å². The minimum Gasteiger partial charge on any atom is -0.444 e. The number of rotatable bonds is 14. The molecule has 15 rings (SSSR count). The Morgan fingerprint density at radius 1 is 0.471 bits per heavy atom. The average Bonchev–Trinajstić information content (AvgIpc) is 1.61. The molecule has 3 aliphatic heterocycles. The van der Waals surface area contributed by atoms with Crippen molar-refractivity contribution in [3.05, 3.63) is 226 Å². The number of anilines is 5. The first-order valence-electron chi connectivity index (χ1n) is 40.2. The molecule has 0 unspecified atom stereocenters. The van der Waals surface area contributed by atoms with Crippen molar-refractivity contribution in [2.75, 3.05) is 42.3 Å². The van der Waals surface area contributed by atoms with Crippen molar-refractivity contribution in [3.8, 4) is 17.1 Å². The van der Waals surface area contributed by atoms with Crippen molar-refractivity contribution in [1.29, 1.82) is 0 Å². The average molecular weight is 1680 g/mol. The molecule has 121 heavy (non-hydrogen) atoms. The van der Waals surface area contributed by atoms with Gasteiger partial charge in [-0.25, -0.2) is 70.8 Å². The molecule has 9 heterocycles. The molecule has 0 saturated heterocycles. The summed E-state index contributed by atoms with van der Waals surface area (Å²) >= 11 is 1.37. The van der Waals surface area contributed by atoms with E-state index in [-0.39, 0.29) is 69.6 Å². The highest BCUT2D eigenvalue weighted by Gasteiger charge is 2.32. The lowest BCUT2D eigenvalue weighted by Gasteiger charge is -2.31. The van der Waals surface area contributed by atoms with Gasteiger partial charge in [0.25, 0.3) is 16.7 Å². The number of aliphatic hydroxyl groups is 3. The summed E-state index contributed by atoms with van der Waals surface area (Å²) in [6.45, 7) is 35.7. The summed E-state index contributed by atoms with van der Waals surface area (Å²) in [6.07, 6.45) is 8.34. The van der Waals surface area contributed by atoms with E-state index in [2.05, 4.69) is 53.0 Å². The number of halogens is 3. The highest BCUT2D eigenvalue weighted by Crippen LogP contribution is 2.35. The summed E-state index contributed by atoms with van der Waals surface area (Å²) in [5, 5.41) is 42.7. The fourth-order valence-electron chi connectivity index (χ4n) is 14.7. The Bertz CT molecular complexity index is 6110. The summed E-state index contributed by atoms with van der Waals surface area (Å²) in [6, 6.07) is 30.6. The van der Waals surface area contributed by atoms with Gasteiger partial charge < -0.3 is 56.3 Å². The third-order valence-corrected chi connectivity index (χ3v) is 21.0. The zero-order valence-corrected chi connectivity index (χ0v) is 72.6. The van der Waals surface area contributed by atoms with Crippen molar-refractivity contribution in [2.24, 2.45) is 0 Å². The van der Waals surface area contributed by atoms with Crippen LogP contribution in [0.5, 0.6) is 0 Å². The number of aromatic nitrogens is 12. The maximum absolute atomic E-state index is 14.6. The van der Waals surface area contributed by atoms with E-state index in [1.54, 1.807) is 63.5 Å². The lowest BCUT2D eigenvalue weighted by molar-refractivity contribution is 0.0214. The molecule has 28 nitrogen and oxygen atoms in total. The predicted octanol–water partition coefficient (Wildman–Crippen LogP) is 15.3. The second kappa shape index (κ2) is 34.8. The van der Waals surface area contributed by atoms with Crippen LogP contribution >= 0.6 is 11.8 Å². The first kappa shape index (κ1) is 88.6. The van der Waals surface area contributed by atoms with Crippen LogP contribution < -0.4 is 38.4 Å². The molecule has 0 bridgehead atoms. The summed E-state index contributed by atoms with van der Waals surface area (Å²) in [7, 11) is 0. The number of nitrogen functional groups attached to an aromatic ring is 1. The van der Waals surface area contributed by atoms with Crippen LogP contribution in [0.3, 0.4) is 0 Å². The van der Waals surface area contributed by atoms with Gasteiger partial charge in [-0.2, -0.15) is 9.97 Å². The molecular formula is C89H107F3N18O10S. The van der Waals surface area contributed by atoms with Gasteiger partial charge in [-0.15, -0.1) is 0 Å². The second-order valence-electron chi connectivity index (χ2n) is 34.8. The molecular weight excluding hydrogens is 1570 g/mol. The number of nitrogens with zero attached hydrogens (tertiary/aromatic N) is 14. The van der Waals surface area contributed by atoms with Gasteiger partial charge in [0, 0.05) is 103 Å². The Balaban J connectivity index is 0.000000154. The van der Waals surface area contributed by atoms with Gasteiger partial charge in [0.05, 0.1) is 33.9 Å². The van der Waals surface area contributed by atoms with E-state index in [0.717, 1.165) is 66.1 Å². The summed E-state index contributed by atoms with van der Waals surface area (Å²) in [5.41, 5.74) is 12.4. The van der Waals surface area contributed by atoms with Gasteiger partial charge in [-0.3, -0.25) is 14.4 Å². The summed E-state index contributed by atoms with van der Waals surface area (Å²) < 4.78 is 63.9. The minimum atomic E-state index is -1.43. The molecule has 0 saturated carbocycles. The number of nitrogens with two attached hydrogens (primary N) is 1. The van der Waals surface area contributed by atoms with Crippen molar-refractivity contribution in [3.63, 3.8) is 0 Å². The quantitative estimate of drug-likeness (QED) is 0.0302. The smallest absolute Gasteiger partial charge is 0.410 e. The molecule has 32 heteroatoms. The van der Waals surface area contributed by atoms with Crippen LogP contribution in [-0.2, 0) is 65.2 Å². The second-order valence-corrected chi connectivity index (χ2v) is 35.5. The van der Waals surface area contributed by atoms with Crippen LogP contribution in [0.1, 0.15) is 193 Å². The van der Waals surface area contributed by atoms with E-state index in [4.69, 9.17) is 20.2 Å². The monoisotopic (exact) mass is 1680 g/mol. The number of hydrogen-bond acceptors (Lipinski definition) is 21. The number of thioether (sulfide) groups is 1. The molecule has 6 aromatic heterocycles. The zero-order chi connectivity index (χ0) is 88.0. The van der Waals surface area contributed by atoms with Gasteiger partial charge in [0.15, 0.2) is 22.1 Å². The van der Waals surface area contributed by atoms with Crippen LogP contribution in [0.2, 0.25) is 0 Å². The summed E-state index contributed by atoms with van der Waals surface area (Å²) in [4.78, 5) is 94.4. The number of carbonyl (C=O) groups is 2. The Morgan fingerprint density at radius 3 is 1.20 bits per heavy atom. The van der Waals surface area contributed by atoms with Crippen LogP contribution in [0.4, 0.5) is 51.7 Å². The topological polar surface area (TPSA) is 340 Å². The molecule has 3 aliphatic rings. The maximum Gasteiger partial charge on any atom is 0.410 e. The Labute approximate surface area is 703 Å². The number of nitrogens with one attached hydrogen (secondary N) is 3. The van der Waals surface area contributed by atoms with E-state index >= 15 is 0 Å². The molecule has 8 N–H and O–H groups in total. The first-order valence-corrected chi connectivity index (χ1v) is 41.4. The van der Waals surface area contributed by atoms with E-state index in [1.807, 2.05) is 132 Å². The molecule has 0 radical (unpaired) electrons. The molecule has 0 fully saturated rings. The van der Waals surface area contributed by atoms with E-state index < -0.39 is 45.5 Å². The minimum absolute atomic E-state index is 0.103. The number of amides is 2. The van der Waals surface area contributed by atoms with Crippen molar-refractivity contribution in [1.82, 2.24) is 73.1 Å². The largest absolute Gasteiger partial charge is 0.444 e. The Kier molecular flexibility index (Phi) is 25.5. The Hall–Kier alpha value is -11.7. The maximum atomic E-state index is 14.6. The van der Waals surface area contributed by atoms with Gasteiger partial charge >= 0.3 is 12.2 Å². The molecule has 0 spiro atoms. The first-order chi connectivity index (χ1) is 56.7. The van der Waals surface area contributed by atoms with E-state index in [9.17, 15) is 52.5 Å². The van der Waals surface area contributed by atoms with E-state index in [1.165, 1.54) is 118 Å². The van der Waals surface area contributed by atoms with Crippen molar-refractivity contribution < 1.29 is 47.6 Å². The number of fused-ring (bicyclic) bond motifs is 6. The molecule has 12 aromatic rings. The normalized spacial score (nSPS) is 13.8. The lowest BCUT2D eigenvalue weighted by atomic mass is 9.97. The third-order valence-electron chi connectivity index (χ3n) is 20.4. The number of carbonyl (C=O) groups excluding carboxylic acids is 2. The van der Waals surface area contributed by atoms with Gasteiger partial charge in [0.1, 0.15) is 44.8 Å². The molecule has 0 aliphatic carbocycles. The number of hydrogen-bond donors (Lipinski definition) is 7. The SMILES string of the molecule is CC(C)(C)OC(=O)N1CCc2ccc(N)cc2C1.CC(C)n1c(=O)c2cnc(Nc3ccc4c(c3)CN(C(=O)OC(C)(C)C)CC4)nc2n1-c1ccc(F)c(C(C)(C)O)c1.CC(C)n1c(=O)c2cnc(Nc3ccc4c(c3)CNCC4)nc2n1-c1ccc(F)c(C(C)(C)O)c1.CSc1ncc2c(=O)n(C(C)C)n(-c3ccc(F)c(C(C)(C)O)c3)c2n1. The third kappa shape index (κ3) is 19.8. The number of benzene rings is 6. The lowest BCUT2D eigenvalue weighted by Crippen LogP contribution is -2.39. The fourth-order valence-corrected chi connectivity index (χ4v) is 15.0. The highest BCUT2D eigenvalue weighted by atomic mass is 32.2. The number of ether oxygens (including phenoxy) is 2. The Morgan fingerprint density at radius 2 is 0.826 bits per heavy atom. The van der Waals surface area contributed by atoms with E-state index in [0.29, 0.717) is 87.4 Å². The molecule has 0 atom stereocenters. The standard InChI is InChI=1S/C31H37FN6O4.C26H29FN6O2.C18H21FN4O2S.C14H20N2O2/c1-18(2)37-27(39)23-16-33-28(35-26(23)38(37)22-10-11-25(32)24(15-22)31(6,7)41)34-21-9-8-19-12-13-36(17-20(19)14-21)29(40)42-30(3,4)5;1-15(2)32-24(34)20-14-29-25(30-18-6-5-16-9-10-28-13-17(16)11-18)31-23(20)33(32)19-7-8-22(27)21(12-19)26(3,4)35;1-10(2)22-16(24)12-9-20-17(26-5)21-15(12)23(22)11-6-7-14(19)13(8-11)18(3,4)25;1-14(2,3)18-13(17)16-7-6-10-4-5-12(15)8-11(10)9-16/h8-11,14-16,18,41H,12-13,17H2,1-7H3,(H,33,34,35);5-8,11-12,14-15,28,35H,9-10,13H2,1-4H3,(H,29,30,31);6-10,25H,1-5H3;4-5,8H,6-7,9,15H2,1-3H3. The molecule has 2 amide bonds. The zero-order valence-electron chi connectivity index (χ0n) is 71.8. The van der Waals surface area contributed by atoms with Gasteiger partial charge in [-0.1, -0.05) is 30.0 Å². The summed E-state index contributed by atoms with van der Waals surface area (Å²) in [5.74, 6) is -0.955. The van der Waals surface area contributed by atoms with Crippen LogP contribution in [0.15, 0.2) is 147 Å². The van der Waals surface area contributed by atoms with Crippen molar-refractivity contribution in [2.45, 2.75) is 215 Å².